The number of para-hydroxylation sites is 1. The highest BCUT2D eigenvalue weighted by molar-refractivity contribution is 6.22. The van der Waals surface area contributed by atoms with E-state index in [1.807, 2.05) is 6.07 Å². The molecule has 0 bridgehead atoms. The van der Waals surface area contributed by atoms with Gasteiger partial charge in [0.25, 0.3) is 0 Å². The summed E-state index contributed by atoms with van der Waals surface area (Å²) in [5, 5.41) is 10.0. The molecule has 1 aliphatic carbocycles. The number of rotatable bonds is 2. The van der Waals surface area contributed by atoms with E-state index in [0.717, 1.165) is 22.1 Å². The maximum absolute atomic E-state index is 6.33. The molecule has 1 aliphatic rings. The normalized spacial score (nSPS) is 13.6. The molecule has 0 saturated heterocycles. The zero-order valence-corrected chi connectivity index (χ0v) is 26.7. The van der Waals surface area contributed by atoms with E-state index < -0.39 is 0 Å². The van der Waals surface area contributed by atoms with Gasteiger partial charge in [-0.1, -0.05) is 129 Å². The molecule has 0 fully saturated rings. The molecular formula is C46H32O. The Hall–Kier alpha value is -5.66. The van der Waals surface area contributed by atoms with E-state index in [4.69, 9.17) is 4.42 Å². The first kappa shape index (κ1) is 26.5. The van der Waals surface area contributed by atoms with Crippen LogP contribution in [0, 0.1) is 6.92 Å². The molecule has 0 aliphatic heterocycles. The van der Waals surface area contributed by atoms with E-state index in [2.05, 4.69) is 154 Å². The van der Waals surface area contributed by atoms with Crippen LogP contribution in [0.15, 0.2) is 144 Å². The van der Waals surface area contributed by atoms with Gasteiger partial charge in [0, 0.05) is 16.2 Å². The molecule has 1 aromatic heterocycles. The molecule has 0 amide bonds. The van der Waals surface area contributed by atoms with Crippen LogP contribution in [0.25, 0.3) is 87.6 Å². The molecule has 0 unspecified atom stereocenters. The van der Waals surface area contributed by atoms with Crippen molar-refractivity contribution in [2.24, 2.45) is 0 Å². The molecular weight excluding hydrogens is 569 g/mol. The van der Waals surface area contributed by atoms with E-state index >= 15 is 0 Å². The van der Waals surface area contributed by atoms with E-state index in [9.17, 15) is 0 Å². The Morgan fingerprint density at radius 1 is 0.447 bits per heavy atom. The van der Waals surface area contributed by atoms with Crippen molar-refractivity contribution in [2.45, 2.75) is 26.2 Å². The van der Waals surface area contributed by atoms with Gasteiger partial charge in [0.2, 0.25) is 0 Å². The maximum atomic E-state index is 6.33. The Labute approximate surface area is 273 Å². The molecule has 0 N–H and O–H groups in total. The lowest BCUT2D eigenvalue weighted by molar-refractivity contribution is 0.661. The largest absolute Gasteiger partial charge is 0.456 e. The molecule has 8 aromatic carbocycles. The van der Waals surface area contributed by atoms with Gasteiger partial charge in [-0.05, 0) is 114 Å². The van der Waals surface area contributed by atoms with Crippen LogP contribution in [0.4, 0.5) is 0 Å². The Balaban J connectivity index is 1.26. The molecule has 9 aromatic rings. The summed E-state index contributed by atoms with van der Waals surface area (Å²) in [5.41, 5.74) is 13.5. The lowest BCUT2D eigenvalue weighted by atomic mass is 9.80. The monoisotopic (exact) mass is 600 g/mol. The summed E-state index contributed by atoms with van der Waals surface area (Å²) in [7, 11) is 0. The van der Waals surface area contributed by atoms with Crippen molar-refractivity contribution < 1.29 is 4.42 Å². The van der Waals surface area contributed by atoms with Gasteiger partial charge in [-0.3, -0.25) is 0 Å². The van der Waals surface area contributed by atoms with Crippen LogP contribution in [0.2, 0.25) is 0 Å². The molecule has 47 heavy (non-hydrogen) atoms. The SMILES string of the molecule is Cc1cc(-c2c3ccccc3c(-c3ccc4c(c3)C(C)(C)c3ccc5ccccc5c3-4)c3ccccc23)cc2c1oc1ccccc12. The molecule has 0 saturated carbocycles. The molecule has 0 spiro atoms. The van der Waals surface area contributed by atoms with Crippen LogP contribution in [0.3, 0.4) is 0 Å². The summed E-state index contributed by atoms with van der Waals surface area (Å²) in [6.07, 6.45) is 0. The molecule has 1 heteroatoms. The minimum atomic E-state index is -0.101. The number of hydrogen-bond acceptors (Lipinski definition) is 1. The average Bonchev–Trinajstić information content (AvgIpc) is 3.59. The first-order valence-corrected chi connectivity index (χ1v) is 16.5. The Morgan fingerprint density at radius 2 is 1.04 bits per heavy atom. The number of fused-ring (bicyclic) bond motifs is 10. The highest BCUT2D eigenvalue weighted by Crippen LogP contribution is 2.53. The predicted octanol–water partition coefficient (Wildman–Crippen LogP) is 13.0. The van der Waals surface area contributed by atoms with Crippen LogP contribution in [0.1, 0.15) is 30.5 Å². The van der Waals surface area contributed by atoms with Gasteiger partial charge in [0.05, 0.1) is 0 Å². The van der Waals surface area contributed by atoms with Crippen LogP contribution in [-0.4, -0.2) is 0 Å². The molecule has 222 valence electrons. The van der Waals surface area contributed by atoms with E-state index in [-0.39, 0.29) is 5.41 Å². The topological polar surface area (TPSA) is 13.1 Å². The van der Waals surface area contributed by atoms with Crippen molar-refractivity contribution in [1.29, 1.82) is 0 Å². The smallest absolute Gasteiger partial charge is 0.138 e. The number of aryl methyl sites for hydroxylation is 1. The number of benzene rings is 8. The summed E-state index contributed by atoms with van der Waals surface area (Å²) in [5.74, 6) is 0. The van der Waals surface area contributed by atoms with E-state index in [1.54, 1.807) is 0 Å². The lowest BCUT2D eigenvalue weighted by Gasteiger charge is -2.23. The van der Waals surface area contributed by atoms with Crippen molar-refractivity contribution in [3.63, 3.8) is 0 Å². The van der Waals surface area contributed by atoms with Crippen LogP contribution < -0.4 is 0 Å². The third-order valence-electron chi connectivity index (χ3n) is 10.7. The van der Waals surface area contributed by atoms with Crippen molar-refractivity contribution in [2.75, 3.05) is 0 Å². The standard InChI is InChI=1S/C46H32O/c1-27-24-30(25-38-32-14-10-11-19-41(32)47-45(27)38)43-35-17-8-6-15-33(35)42(34-16-7-9-18-36(34)43)29-20-22-37-40(26-29)46(2,3)39-23-21-28-12-4-5-13-31(28)44(37)39/h4-26H,1-3H3. The zero-order chi connectivity index (χ0) is 31.4. The number of hydrogen-bond donors (Lipinski definition) is 0. The molecule has 0 radical (unpaired) electrons. The van der Waals surface area contributed by atoms with Crippen LogP contribution in [0.5, 0.6) is 0 Å². The van der Waals surface area contributed by atoms with Crippen molar-refractivity contribution in [3.05, 3.63) is 156 Å². The van der Waals surface area contributed by atoms with Gasteiger partial charge in [-0.2, -0.15) is 0 Å². The van der Waals surface area contributed by atoms with Gasteiger partial charge >= 0.3 is 0 Å². The Bertz CT molecular complexity index is 2720. The summed E-state index contributed by atoms with van der Waals surface area (Å²) in [6, 6.07) is 51.6. The summed E-state index contributed by atoms with van der Waals surface area (Å²) in [4.78, 5) is 0. The molecule has 0 atom stereocenters. The van der Waals surface area contributed by atoms with Gasteiger partial charge < -0.3 is 4.42 Å². The van der Waals surface area contributed by atoms with Crippen molar-refractivity contribution in [1.82, 2.24) is 0 Å². The van der Waals surface area contributed by atoms with Crippen LogP contribution in [-0.2, 0) is 5.41 Å². The van der Waals surface area contributed by atoms with Gasteiger partial charge in [0.1, 0.15) is 11.2 Å². The second-order valence-electron chi connectivity index (χ2n) is 13.7. The second-order valence-corrected chi connectivity index (χ2v) is 13.7. The maximum Gasteiger partial charge on any atom is 0.138 e. The minimum absolute atomic E-state index is 0.101. The summed E-state index contributed by atoms with van der Waals surface area (Å²) >= 11 is 0. The van der Waals surface area contributed by atoms with Gasteiger partial charge in [0.15, 0.2) is 0 Å². The fourth-order valence-corrected chi connectivity index (χ4v) is 8.55. The second kappa shape index (κ2) is 9.44. The lowest BCUT2D eigenvalue weighted by Crippen LogP contribution is -2.15. The fourth-order valence-electron chi connectivity index (χ4n) is 8.55. The van der Waals surface area contributed by atoms with Gasteiger partial charge in [-0.15, -0.1) is 0 Å². The number of furan rings is 1. The zero-order valence-electron chi connectivity index (χ0n) is 26.7. The minimum Gasteiger partial charge on any atom is -0.456 e. The third kappa shape index (κ3) is 3.60. The molecule has 1 nitrogen and oxygen atoms in total. The quantitative estimate of drug-likeness (QED) is 0.180. The predicted molar refractivity (Wildman–Crippen MR) is 199 cm³/mol. The first-order valence-electron chi connectivity index (χ1n) is 16.5. The highest BCUT2D eigenvalue weighted by atomic mass is 16.3. The Kier molecular flexibility index (Phi) is 5.33. The van der Waals surface area contributed by atoms with Gasteiger partial charge in [-0.25, -0.2) is 0 Å². The van der Waals surface area contributed by atoms with Crippen LogP contribution >= 0.6 is 0 Å². The van der Waals surface area contributed by atoms with Crippen molar-refractivity contribution in [3.8, 4) is 33.4 Å². The molecule has 1 heterocycles. The van der Waals surface area contributed by atoms with E-state index in [0.29, 0.717) is 0 Å². The van der Waals surface area contributed by atoms with E-state index in [1.165, 1.54) is 82.2 Å². The Morgan fingerprint density at radius 3 is 1.74 bits per heavy atom. The average molecular weight is 601 g/mol. The summed E-state index contributed by atoms with van der Waals surface area (Å²) in [6.45, 7) is 6.93. The fraction of sp³-hybridized carbons (Fsp3) is 0.0870. The first-order chi connectivity index (χ1) is 23.0. The third-order valence-corrected chi connectivity index (χ3v) is 10.7. The highest BCUT2D eigenvalue weighted by Gasteiger charge is 2.36. The molecule has 10 rings (SSSR count). The summed E-state index contributed by atoms with van der Waals surface area (Å²) < 4.78 is 6.33. The van der Waals surface area contributed by atoms with Crippen molar-refractivity contribution >= 4 is 54.3 Å².